The summed E-state index contributed by atoms with van der Waals surface area (Å²) in [5.74, 6) is 0. The maximum atomic E-state index is 11.9. The molecule has 0 aromatic carbocycles. The lowest BCUT2D eigenvalue weighted by molar-refractivity contribution is 0.567. The first-order valence-corrected chi connectivity index (χ1v) is 6.73. The molecule has 0 fully saturated rings. The van der Waals surface area contributed by atoms with Gasteiger partial charge in [-0.2, -0.15) is 0 Å². The zero-order chi connectivity index (χ0) is 9.03. The van der Waals surface area contributed by atoms with Gasteiger partial charge in [0, 0.05) is 18.9 Å². The van der Waals surface area contributed by atoms with Gasteiger partial charge in [0.1, 0.15) is 0 Å². The Morgan fingerprint density at radius 1 is 1.67 bits per heavy atom. The van der Waals surface area contributed by atoms with Crippen LogP contribution >= 0.6 is 7.29 Å². The molecule has 0 aromatic rings. The summed E-state index contributed by atoms with van der Waals surface area (Å²) in [5.41, 5.74) is 1.28. The van der Waals surface area contributed by atoms with Gasteiger partial charge in [-0.15, -0.1) is 0 Å². The van der Waals surface area contributed by atoms with Crippen LogP contribution in [0.5, 0.6) is 0 Å². The van der Waals surface area contributed by atoms with Crippen LogP contribution in [-0.2, 0) is 4.57 Å². The maximum absolute atomic E-state index is 11.9. The topological polar surface area (TPSA) is 29.1 Å². The van der Waals surface area contributed by atoms with Gasteiger partial charge in [-0.25, -0.2) is 0 Å². The standard InChI is InChI=1S/C9H18NOP/c1-3-4-6-10-12(11)7-5-9(2)8-12/h5H,3-4,6-8H2,1-2H3,(H,10,11)/t12-/m0/s1. The monoisotopic (exact) mass is 187 g/mol. The molecule has 1 aliphatic rings. The molecule has 2 nitrogen and oxygen atoms in total. The van der Waals surface area contributed by atoms with E-state index in [0.717, 1.165) is 25.3 Å². The minimum absolute atomic E-state index is 0.766. The van der Waals surface area contributed by atoms with Crippen molar-refractivity contribution in [2.75, 3.05) is 18.9 Å². The minimum atomic E-state index is -2.00. The molecule has 1 aliphatic heterocycles. The van der Waals surface area contributed by atoms with Crippen LogP contribution in [0, 0.1) is 0 Å². The van der Waals surface area contributed by atoms with Crippen molar-refractivity contribution in [2.45, 2.75) is 26.7 Å². The Bertz CT molecular complexity index is 223. The van der Waals surface area contributed by atoms with Gasteiger partial charge >= 0.3 is 0 Å². The van der Waals surface area contributed by atoms with Crippen LogP contribution in [0.25, 0.3) is 0 Å². The third-order valence-corrected chi connectivity index (χ3v) is 4.75. The Morgan fingerprint density at radius 2 is 2.42 bits per heavy atom. The highest BCUT2D eigenvalue weighted by Gasteiger charge is 2.24. The minimum Gasteiger partial charge on any atom is -0.306 e. The molecular formula is C9H18NOP. The quantitative estimate of drug-likeness (QED) is 0.416. The van der Waals surface area contributed by atoms with Crippen molar-refractivity contribution in [2.24, 2.45) is 0 Å². The van der Waals surface area contributed by atoms with E-state index in [4.69, 9.17) is 0 Å². The van der Waals surface area contributed by atoms with E-state index in [2.05, 4.69) is 25.0 Å². The molecule has 0 aliphatic carbocycles. The van der Waals surface area contributed by atoms with Crippen molar-refractivity contribution < 1.29 is 4.57 Å². The molecule has 0 saturated heterocycles. The van der Waals surface area contributed by atoms with Gasteiger partial charge in [-0.3, -0.25) is 5.09 Å². The highest BCUT2D eigenvalue weighted by molar-refractivity contribution is 7.62. The fourth-order valence-corrected chi connectivity index (χ4v) is 3.89. The lowest BCUT2D eigenvalue weighted by Crippen LogP contribution is -2.13. The summed E-state index contributed by atoms with van der Waals surface area (Å²) in [6.07, 6.45) is 5.95. The molecule has 0 bridgehead atoms. The number of unbranched alkanes of at least 4 members (excludes halogenated alkanes) is 1. The molecule has 0 radical (unpaired) electrons. The predicted molar refractivity (Wildman–Crippen MR) is 54.0 cm³/mol. The average molecular weight is 187 g/mol. The van der Waals surface area contributed by atoms with Crippen LogP contribution in [0.3, 0.4) is 0 Å². The number of hydrogen-bond donors (Lipinski definition) is 1. The molecule has 1 atom stereocenters. The zero-order valence-corrected chi connectivity index (χ0v) is 8.86. The molecule has 1 N–H and O–H groups in total. The Balaban J connectivity index is 2.29. The maximum Gasteiger partial charge on any atom is 0.155 e. The first-order valence-electron chi connectivity index (χ1n) is 4.65. The normalized spacial score (nSPS) is 29.0. The molecule has 70 valence electrons. The molecule has 0 unspecified atom stereocenters. The van der Waals surface area contributed by atoms with Crippen molar-refractivity contribution in [1.29, 1.82) is 0 Å². The van der Waals surface area contributed by atoms with Crippen LogP contribution < -0.4 is 5.09 Å². The summed E-state index contributed by atoms with van der Waals surface area (Å²) in [4.78, 5) is 0. The summed E-state index contributed by atoms with van der Waals surface area (Å²) >= 11 is 0. The van der Waals surface area contributed by atoms with E-state index in [9.17, 15) is 4.57 Å². The van der Waals surface area contributed by atoms with E-state index < -0.39 is 7.29 Å². The summed E-state index contributed by atoms with van der Waals surface area (Å²) in [5, 5.41) is 3.19. The SMILES string of the molecule is CCCCN[P@]1(=O)CC=C(C)C1. The van der Waals surface area contributed by atoms with Crippen LogP contribution in [0.1, 0.15) is 26.7 Å². The van der Waals surface area contributed by atoms with Gasteiger partial charge in [0.25, 0.3) is 0 Å². The molecule has 0 spiro atoms. The molecule has 0 amide bonds. The Kier molecular flexibility index (Phi) is 3.54. The van der Waals surface area contributed by atoms with Gasteiger partial charge < -0.3 is 4.57 Å². The highest BCUT2D eigenvalue weighted by Crippen LogP contribution is 2.47. The summed E-state index contributed by atoms with van der Waals surface area (Å²) in [7, 11) is -2.00. The van der Waals surface area contributed by atoms with E-state index in [0.29, 0.717) is 0 Å². The summed E-state index contributed by atoms with van der Waals surface area (Å²) < 4.78 is 11.9. The van der Waals surface area contributed by atoms with E-state index in [1.807, 2.05) is 0 Å². The van der Waals surface area contributed by atoms with Crippen molar-refractivity contribution >= 4 is 7.29 Å². The molecule has 0 aromatic heterocycles. The second-order valence-electron chi connectivity index (χ2n) is 3.54. The lowest BCUT2D eigenvalue weighted by atomic mass is 10.3. The Morgan fingerprint density at radius 3 is 2.92 bits per heavy atom. The fourth-order valence-electron chi connectivity index (χ4n) is 1.42. The predicted octanol–water partition coefficient (Wildman–Crippen LogP) is 2.61. The van der Waals surface area contributed by atoms with Gasteiger partial charge in [-0.1, -0.05) is 25.0 Å². The Hall–Kier alpha value is -0.0700. The molecule has 12 heavy (non-hydrogen) atoms. The lowest BCUT2D eigenvalue weighted by Gasteiger charge is -2.12. The van der Waals surface area contributed by atoms with E-state index in [-0.39, 0.29) is 0 Å². The first-order chi connectivity index (χ1) is 5.66. The van der Waals surface area contributed by atoms with Gasteiger partial charge in [-0.05, 0) is 13.3 Å². The molecule has 3 heteroatoms. The summed E-state index contributed by atoms with van der Waals surface area (Å²) in [6, 6.07) is 0. The third-order valence-electron chi connectivity index (χ3n) is 2.17. The van der Waals surface area contributed by atoms with Crippen molar-refractivity contribution in [1.82, 2.24) is 5.09 Å². The molecule has 1 heterocycles. The van der Waals surface area contributed by atoms with E-state index in [1.165, 1.54) is 12.0 Å². The van der Waals surface area contributed by atoms with Crippen molar-refractivity contribution in [3.63, 3.8) is 0 Å². The average Bonchev–Trinajstić information content (AvgIpc) is 2.32. The first kappa shape index (κ1) is 10.0. The molecule has 1 rings (SSSR count). The largest absolute Gasteiger partial charge is 0.306 e. The van der Waals surface area contributed by atoms with Crippen LogP contribution in [0.4, 0.5) is 0 Å². The molecule has 0 saturated carbocycles. The van der Waals surface area contributed by atoms with E-state index in [1.54, 1.807) is 0 Å². The Labute approximate surface area is 74.9 Å². The van der Waals surface area contributed by atoms with Crippen LogP contribution in [0.2, 0.25) is 0 Å². The van der Waals surface area contributed by atoms with Gasteiger partial charge in [0.05, 0.1) is 0 Å². The van der Waals surface area contributed by atoms with E-state index >= 15 is 0 Å². The van der Waals surface area contributed by atoms with Gasteiger partial charge in [0.2, 0.25) is 0 Å². The number of rotatable bonds is 4. The second kappa shape index (κ2) is 4.25. The number of nitrogens with one attached hydrogen (secondary N) is 1. The number of hydrogen-bond acceptors (Lipinski definition) is 1. The smallest absolute Gasteiger partial charge is 0.155 e. The van der Waals surface area contributed by atoms with Crippen LogP contribution in [-0.4, -0.2) is 18.9 Å². The zero-order valence-electron chi connectivity index (χ0n) is 7.97. The number of allylic oxidation sites excluding steroid dienone is 2. The fraction of sp³-hybridized carbons (Fsp3) is 0.778. The highest BCUT2D eigenvalue weighted by atomic mass is 31.2. The van der Waals surface area contributed by atoms with Crippen molar-refractivity contribution in [3.05, 3.63) is 11.6 Å². The van der Waals surface area contributed by atoms with Crippen molar-refractivity contribution in [3.8, 4) is 0 Å². The second-order valence-corrected chi connectivity index (χ2v) is 6.32. The van der Waals surface area contributed by atoms with Gasteiger partial charge in [0.15, 0.2) is 7.29 Å². The summed E-state index contributed by atoms with van der Waals surface area (Å²) in [6.45, 7) is 5.12. The molecular weight excluding hydrogens is 169 g/mol. The van der Waals surface area contributed by atoms with Crippen LogP contribution in [0.15, 0.2) is 11.6 Å². The third kappa shape index (κ3) is 2.76.